The standard InChI is InChI=1S/C15H28O3/c1-5-8-11-14(16)12(9-6-2)13(10-7-3)15(17)18-4/h12-13H,5-11H2,1-4H3. The summed E-state index contributed by atoms with van der Waals surface area (Å²) in [5, 5.41) is 0. The Labute approximate surface area is 111 Å². The number of carbonyl (C=O) groups is 2. The molecule has 0 aliphatic rings. The van der Waals surface area contributed by atoms with E-state index < -0.39 is 0 Å². The van der Waals surface area contributed by atoms with E-state index in [2.05, 4.69) is 13.8 Å². The Morgan fingerprint density at radius 1 is 0.944 bits per heavy atom. The number of unbranched alkanes of at least 4 members (excludes halogenated alkanes) is 1. The summed E-state index contributed by atoms with van der Waals surface area (Å²) in [5.41, 5.74) is 0. The first-order chi connectivity index (χ1) is 8.62. The van der Waals surface area contributed by atoms with Crippen LogP contribution in [0.15, 0.2) is 0 Å². The molecule has 2 unspecified atom stereocenters. The third-order valence-corrected chi connectivity index (χ3v) is 3.38. The molecule has 0 bridgehead atoms. The number of hydrogen-bond donors (Lipinski definition) is 0. The number of esters is 1. The van der Waals surface area contributed by atoms with Gasteiger partial charge < -0.3 is 4.74 Å². The zero-order valence-electron chi connectivity index (χ0n) is 12.3. The first-order valence-electron chi connectivity index (χ1n) is 7.22. The van der Waals surface area contributed by atoms with Gasteiger partial charge in [-0.25, -0.2) is 0 Å². The summed E-state index contributed by atoms with van der Waals surface area (Å²) < 4.78 is 4.86. The van der Waals surface area contributed by atoms with Gasteiger partial charge in [0.2, 0.25) is 0 Å². The van der Waals surface area contributed by atoms with Crippen molar-refractivity contribution in [3.05, 3.63) is 0 Å². The van der Waals surface area contributed by atoms with Gasteiger partial charge in [0.15, 0.2) is 0 Å². The number of Topliss-reactive ketones (excluding diaryl/α,β-unsaturated/α-hetero) is 1. The highest BCUT2D eigenvalue weighted by Gasteiger charge is 2.32. The minimum absolute atomic E-state index is 0.144. The van der Waals surface area contributed by atoms with Crippen LogP contribution in [-0.2, 0) is 14.3 Å². The Morgan fingerprint density at radius 2 is 1.50 bits per heavy atom. The van der Waals surface area contributed by atoms with Gasteiger partial charge in [-0.05, 0) is 19.3 Å². The molecule has 0 aliphatic carbocycles. The third-order valence-electron chi connectivity index (χ3n) is 3.38. The topological polar surface area (TPSA) is 43.4 Å². The summed E-state index contributed by atoms with van der Waals surface area (Å²) in [6, 6.07) is 0. The lowest BCUT2D eigenvalue weighted by atomic mass is 9.81. The van der Waals surface area contributed by atoms with Crippen LogP contribution >= 0.6 is 0 Å². The summed E-state index contributed by atoms with van der Waals surface area (Å²) in [6.07, 6.45) is 5.90. The molecule has 3 nitrogen and oxygen atoms in total. The minimum atomic E-state index is -0.246. The van der Waals surface area contributed by atoms with Crippen molar-refractivity contribution < 1.29 is 14.3 Å². The Bertz CT molecular complexity index is 248. The second-order valence-electron chi connectivity index (χ2n) is 4.88. The second-order valence-corrected chi connectivity index (χ2v) is 4.88. The summed E-state index contributed by atoms with van der Waals surface area (Å²) in [7, 11) is 1.41. The van der Waals surface area contributed by atoms with Crippen LogP contribution in [0.25, 0.3) is 0 Å². The number of rotatable bonds is 10. The van der Waals surface area contributed by atoms with E-state index in [0.717, 1.165) is 38.5 Å². The van der Waals surface area contributed by atoms with Crippen molar-refractivity contribution >= 4 is 11.8 Å². The fourth-order valence-electron chi connectivity index (χ4n) is 2.38. The maximum Gasteiger partial charge on any atom is 0.309 e. The minimum Gasteiger partial charge on any atom is -0.469 e. The molecule has 3 heteroatoms. The van der Waals surface area contributed by atoms with Crippen LogP contribution in [0.1, 0.15) is 65.7 Å². The van der Waals surface area contributed by atoms with Crippen LogP contribution in [0, 0.1) is 11.8 Å². The maximum absolute atomic E-state index is 12.2. The van der Waals surface area contributed by atoms with E-state index in [1.54, 1.807) is 0 Å². The quantitative estimate of drug-likeness (QED) is 0.559. The van der Waals surface area contributed by atoms with Crippen LogP contribution in [0.5, 0.6) is 0 Å². The molecule has 0 aromatic carbocycles. The number of ether oxygens (including phenoxy) is 1. The molecule has 2 atom stereocenters. The van der Waals surface area contributed by atoms with Crippen LogP contribution in [0.3, 0.4) is 0 Å². The summed E-state index contributed by atoms with van der Waals surface area (Å²) in [4.78, 5) is 24.0. The van der Waals surface area contributed by atoms with Crippen molar-refractivity contribution in [2.75, 3.05) is 7.11 Å². The molecule has 0 saturated carbocycles. The van der Waals surface area contributed by atoms with Crippen LogP contribution < -0.4 is 0 Å². The SMILES string of the molecule is CCCCC(=O)C(CCC)C(CCC)C(=O)OC. The summed E-state index contributed by atoms with van der Waals surface area (Å²) in [5.74, 6) is -0.374. The van der Waals surface area contributed by atoms with E-state index in [1.807, 2.05) is 6.92 Å². The van der Waals surface area contributed by atoms with E-state index in [-0.39, 0.29) is 23.6 Å². The lowest BCUT2D eigenvalue weighted by Gasteiger charge is -2.23. The van der Waals surface area contributed by atoms with Crippen molar-refractivity contribution in [3.8, 4) is 0 Å². The first kappa shape index (κ1) is 17.1. The van der Waals surface area contributed by atoms with Gasteiger partial charge in [0.1, 0.15) is 5.78 Å². The predicted octanol–water partition coefficient (Wildman–Crippen LogP) is 3.75. The molecule has 106 valence electrons. The van der Waals surface area contributed by atoms with Crippen molar-refractivity contribution in [1.29, 1.82) is 0 Å². The number of methoxy groups -OCH3 is 1. The van der Waals surface area contributed by atoms with Gasteiger partial charge in [0.25, 0.3) is 0 Å². The Hall–Kier alpha value is -0.860. The molecule has 0 radical (unpaired) electrons. The van der Waals surface area contributed by atoms with Crippen LogP contribution in [0.4, 0.5) is 0 Å². The highest BCUT2D eigenvalue weighted by atomic mass is 16.5. The van der Waals surface area contributed by atoms with Crippen molar-refractivity contribution in [1.82, 2.24) is 0 Å². The summed E-state index contributed by atoms with van der Waals surface area (Å²) in [6.45, 7) is 6.17. The molecule has 0 aromatic rings. The molecule has 0 spiro atoms. The zero-order chi connectivity index (χ0) is 14.0. The molecule has 0 N–H and O–H groups in total. The monoisotopic (exact) mass is 256 g/mol. The van der Waals surface area contributed by atoms with Gasteiger partial charge in [-0.2, -0.15) is 0 Å². The molecular formula is C15H28O3. The van der Waals surface area contributed by atoms with Crippen molar-refractivity contribution in [3.63, 3.8) is 0 Å². The zero-order valence-corrected chi connectivity index (χ0v) is 12.3. The number of ketones is 1. The molecule has 0 aromatic heterocycles. The van der Waals surface area contributed by atoms with Crippen molar-refractivity contribution in [2.45, 2.75) is 65.7 Å². The van der Waals surface area contributed by atoms with E-state index in [1.165, 1.54) is 7.11 Å². The fraction of sp³-hybridized carbons (Fsp3) is 0.867. The van der Waals surface area contributed by atoms with E-state index in [4.69, 9.17) is 4.74 Å². The highest BCUT2D eigenvalue weighted by molar-refractivity contribution is 5.86. The molecule has 0 saturated heterocycles. The predicted molar refractivity (Wildman–Crippen MR) is 73.3 cm³/mol. The van der Waals surface area contributed by atoms with Gasteiger partial charge in [0, 0.05) is 12.3 Å². The molecule has 0 heterocycles. The smallest absolute Gasteiger partial charge is 0.309 e. The number of carbonyl (C=O) groups excluding carboxylic acids is 2. The Morgan fingerprint density at radius 3 is 1.94 bits per heavy atom. The average Bonchev–Trinajstić information content (AvgIpc) is 2.39. The van der Waals surface area contributed by atoms with Gasteiger partial charge >= 0.3 is 5.97 Å². The van der Waals surface area contributed by atoms with Gasteiger partial charge in [-0.1, -0.05) is 40.0 Å². The van der Waals surface area contributed by atoms with Crippen LogP contribution in [0.2, 0.25) is 0 Å². The normalized spacial score (nSPS) is 14.0. The molecule has 0 fully saturated rings. The number of hydrogen-bond acceptors (Lipinski definition) is 3. The fourth-order valence-corrected chi connectivity index (χ4v) is 2.38. The van der Waals surface area contributed by atoms with Crippen molar-refractivity contribution in [2.24, 2.45) is 11.8 Å². The lowest BCUT2D eigenvalue weighted by molar-refractivity contribution is -0.150. The van der Waals surface area contributed by atoms with Gasteiger partial charge in [-0.3, -0.25) is 9.59 Å². The van der Waals surface area contributed by atoms with Gasteiger partial charge in [0.05, 0.1) is 13.0 Å². The average molecular weight is 256 g/mol. The van der Waals surface area contributed by atoms with E-state index in [9.17, 15) is 9.59 Å². The second kappa shape index (κ2) is 10.1. The first-order valence-corrected chi connectivity index (χ1v) is 7.22. The molecule has 18 heavy (non-hydrogen) atoms. The van der Waals surface area contributed by atoms with E-state index >= 15 is 0 Å². The van der Waals surface area contributed by atoms with Crippen LogP contribution in [-0.4, -0.2) is 18.9 Å². The largest absolute Gasteiger partial charge is 0.469 e. The molecule has 0 aliphatic heterocycles. The maximum atomic E-state index is 12.2. The third kappa shape index (κ3) is 5.65. The highest BCUT2D eigenvalue weighted by Crippen LogP contribution is 2.26. The molecule has 0 amide bonds. The Balaban J connectivity index is 4.77. The molecule has 0 rings (SSSR count). The molecular weight excluding hydrogens is 228 g/mol. The van der Waals surface area contributed by atoms with E-state index in [0.29, 0.717) is 6.42 Å². The summed E-state index contributed by atoms with van der Waals surface area (Å²) >= 11 is 0. The van der Waals surface area contributed by atoms with Gasteiger partial charge in [-0.15, -0.1) is 0 Å². The Kier molecular flexibility index (Phi) is 9.62. The lowest BCUT2D eigenvalue weighted by Crippen LogP contribution is -2.31.